The molecule has 0 aromatic heterocycles. The number of esters is 1. The third-order valence-corrected chi connectivity index (χ3v) is 4.88. The van der Waals surface area contributed by atoms with Crippen molar-refractivity contribution in [3.63, 3.8) is 0 Å². The van der Waals surface area contributed by atoms with Gasteiger partial charge in [0, 0.05) is 13.0 Å². The summed E-state index contributed by atoms with van der Waals surface area (Å²) in [5.74, 6) is -1.20. The number of methoxy groups -OCH3 is 2. The van der Waals surface area contributed by atoms with Crippen molar-refractivity contribution in [1.82, 2.24) is 0 Å². The van der Waals surface area contributed by atoms with Crippen LogP contribution in [0.1, 0.15) is 25.0 Å². The fraction of sp³-hybridized carbons (Fsp3) is 0.526. The van der Waals surface area contributed by atoms with Crippen LogP contribution in [0.5, 0.6) is 0 Å². The lowest BCUT2D eigenvalue weighted by Crippen LogP contribution is -2.50. The van der Waals surface area contributed by atoms with Gasteiger partial charge in [0.2, 0.25) is 0 Å². The third-order valence-electron chi connectivity index (χ3n) is 4.88. The Morgan fingerprint density at radius 1 is 1.35 bits per heavy atom. The molecule has 0 radical (unpaired) electrons. The molecule has 0 saturated carbocycles. The summed E-state index contributed by atoms with van der Waals surface area (Å²) in [5, 5.41) is 11.3. The van der Waals surface area contributed by atoms with E-state index in [0.29, 0.717) is 13.0 Å². The first-order valence-corrected chi connectivity index (χ1v) is 8.00. The minimum atomic E-state index is -1.14. The van der Waals surface area contributed by atoms with E-state index in [1.54, 1.807) is 7.11 Å². The summed E-state index contributed by atoms with van der Waals surface area (Å²) in [6.45, 7) is 4.20. The van der Waals surface area contributed by atoms with Gasteiger partial charge >= 0.3 is 5.97 Å². The highest BCUT2D eigenvalue weighted by atomic mass is 16.5. The molecule has 0 fully saturated rings. The number of rotatable bonds is 4. The summed E-state index contributed by atoms with van der Waals surface area (Å²) in [6, 6.07) is 7.93. The van der Waals surface area contributed by atoms with E-state index in [1.807, 2.05) is 50.3 Å². The van der Waals surface area contributed by atoms with Crippen LogP contribution >= 0.6 is 0 Å². The van der Waals surface area contributed by atoms with Gasteiger partial charge in [0.1, 0.15) is 0 Å². The lowest BCUT2D eigenvalue weighted by Gasteiger charge is -2.41. The lowest BCUT2D eigenvalue weighted by atomic mass is 9.69. The summed E-state index contributed by atoms with van der Waals surface area (Å²) in [7, 11) is 2.98. The number of hydrogen-bond acceptors (Lipinski definition) is 4. The monoisotopic (exact) mass is 318 g/mol. The largest absolute Gasteiger partial charge is 0.469 e. The van der Waals surface area contributed by atoms with Gasteiger partial charge in [-0.05, 0) is 23.5 Å². The van der Waals surface area contributed by atoms with Gasteiger partial charge in [0.15, 0.2) is 0 Å². The van der Waals surface area contributed by atoms with E-state index in [9.17, 15) is 9.90 Å². The van der Waals surface area contributed by atoms with Gasteiger partial charge < -0.3 is 14.6 Å². The van der Waals surface area contributed by atoms with E-state index < -0.39 is 11.5 Å². The highest BCUT2D eigenvalue weighted by molar-refractivity contribution is 5.74. The SMILES string of the molecule is COCC1[C@@H](C(=O)OC)Cc2ccccc2/C=C\[C@@]1(O)C(C)C. The Morgan fingerprint density at radius 2 is 2.04 bits per heavy atom. The Labute approximate surface area is 138 Å². The van der Waals surface area contributed by atoms with E-state index in [-0.39, 0.29) is 17.8 Å². The Morgan fingerprint density at radius 3 is 2.65 bits per heavy atom. The molecule has 0 saturated heterocycles. The number of benzene rings is 1. The molecule has 2 rings (SSSR count). The maximum atomic E-state index is 12.4. The molecule has 0 bridgehead atoms. The predicted octanol–water partition coefficient (Wildman–Crippen LogP) is 2.69. The zero-order valence-electron chi connectivity index (χ0n) is 14.3. The number of carbonyl (C=O) groups excluding carboxylic acids is 1. The molecule has 0 amide bonds. The molecule has 23 heavy (non-hydrogen) atoms. The normalized spacial score (nSPS) is 28.6. The van der Waals surface area contributed by atoms with E-state index in [4.69, 9.17) is 9.47 Å². The maximum Gasteiger partial charge on any atom is 0.309 e. The molecule has 4 heteroatoms. The van der Waals surface area contributed by atoms with Crippen molar-refractivity contribution >= 4 is 12.0 Å². The van der Waals surface area contributed by atoms with Crippen LogP contribution in [0.4, 0.5) is 0 Å². The molecule has 1 unspecified atom stereocenters. The van der Waals surface area contributed by atoms with Gasteiger partial charge in [-0.1, -0.05) is 50.3 Å². The van der Waals surface area contributed by atoms with Crippen LogP contribution in [-0.4, -0.2) is 37.5 Å². The third kappa shape index (κ3) is 3.48. The van der Waals surface area contributed by atoms with Gasteiger partial charge in [0.05, 0.1) is 25.2 Å². The Bertz CT molecular complexity index is 578. The van der Waals surface area contributed by atoms with Crippen LogP contribution in [0.15, 0.2) is 30.3 Å². The molecule has 1 aliphatic carbocycles. The molecular formula is C19H26O4. The molecule has 0 aliphatic heterocycles. The van der Waals surface area contributed by atoms with Gasteiger partial charge in [-0.25, -0.2) is 0 Å². The van der Waals surface area contributed by atoms with Crippen molar-refractivity contribution in [2.24, 2.45) is 17.8 Å². The first-order chi connectivity index (χ1) is 10.9. The first-order valence-electron chi connectivity index (χ1n) is 8.00. The van der Waals surface area contributed by atoms with E-state index >= 15 is 0 Å². The van der Waals surface area contributed by atoms with Crippen LogP contribution in [0.25, 0.3) is 6.08 Å². The number of hydrogen-bond donors (Lipinski definition) is 1. The first kappa shape index (κ1) is 17.7. The van der Waals surface area contributed by atoms with E-state index in [2.05, 4.69) is 0 Å². The van der Waals surface area contributed by atoms with Gasteiger partial charge in [-0.3, -0.25) is 4.79 Å². The molecule has 0 spiro atoms. The predicted molar refractivity (Wildman–Crippen MR) is 89.8 cm³/mol. The molecule has 0 heterocycles. The van der Waals surface area contributed by atoms with Crippen molar-refractivity contribution in [3.8, 4) is 0 Å². The average molecular weight is 318 g/mol. The standard InChI is InChI=1S/C19H26O4/c1-13(2)19(21)10-9-14-7-5-6-8-15(14)11-16(18(20)23-4)17(19)12-22-3/h5-10,13,16-17,21H,11-12H2,1-4H3/b10-9-/t16-,17?,19+/m0/s1. The summed E-state index contributed by atoms with van der Waals surface area (Å²) in [6.07, 6.45) is 4.29. The molecule has 1 aromatic carbocycles. The fourth-order valence-corrected chi connectivity index (χ4v) is 3.38. The second-order valence-electron chi connectivity index (χ2n) is 6.47. The summed E-state index contributed by atoms with van der Waals surface area (Å²) >= 11 is 0. The number of aliphatic hydroxyl groups is 1. The van der Waals surface area contributed by atoms with Crippen molar-refractivity contribution in [1.29, 1.82) is 0 Å². The van der Waals surface area contributed by atoms with Crippen molar-refractivity contribution in [2.75, 3.05) is 20.8 Å². The average Bonchev–Trinajstić information content (AvgIpc) is 2.54. The van der Waals surface area contributed by atoms with Crippen LogP contribution in [-0.2, 0) is 20.7 Å². The van der Waals surface area contributed by atoms with Crippen LogP contribution in [0.3, 0.4) is 0 Å². The van der Waals surface area contributed by atoms with Crippen molar-refractivity contribution in [2.45, 2.75) is 25.9 Å². The highest BCUT2D eigenvalue weighted by Crippen LogP contribution is 2.38. The highest BCUT2D eigenvalue weighted by Gasteiger charge is 2.46. The molecule has 4 nitrogen and oxygen atoms in total. The Hall–Kier alpha value is -1.65. The summed E-state index contributed by atoms with van der Waals surface area (Å²) < 4.78 is 10.4. The Balaban J connectivity index is 2.58. The molecule has 1 aliphatic rings. The number of carbonyl (C=O) groups is 1. The molecule has 1 aromatic rings. The molecular weight excluding hydrogens is 292 g/mol. The zero-order valence-corrected chi connectivity index (χ0v) is 14.3. The van der Waals surface area contributed by atoms with Crippen molar-refractivity contribution < 1.29 is 19.4 Å². The van der Waals surface area contributed by atoms with Crippen LogP contribution < -0.4 is 0 Å². The number of fused-ring (bicyclic) bond motifs is 1. The van der Waals surface area contributed by atoms with Crippen molar-refractivity contribution in [3.05, 3.63) is 41.5 Å². The van der Waals surface area contributed by atoms with Gasteiger partial charge in [-0.2, -0.15) is 0 Å². The quantitative estimate of drug-likeness (QED) is 0.867. The van der Waals surface area contributed by atoms with Crippen LogP contribution in [0, 0.1) is 17.8 Å². The number of ether oxygens (including phenoxy) is 2. The molecule has 1 N–H and O–H groups in total. The minimum Gasteiger partial charge on any atom is -0.469 e. The second-order valence-corrected chi connectivity index (χ2v) is 6.47. The lowest BCUT2D eigenvalue weighted by molar-refractivity contribution is -0.155. The summed E-state index contributed by atoms with van der Waals surface area (Å²) in [5.41, 5.74) is 0.963. The van der Waals surface area contributed by atoms with Gasteiger partial charge in [-0.15, -0.1) is 0 Å². The zero-order chi connectivity index (χ0) is 17.0. The van der Waals surface area contributed by atoms with Gasteiger partial charge in [0.25, 0.3) is 0 Å². The molecule has 3 atom stereocenters. The Kier molecular flexibility index (Phi) is 5.60. The smallest absolute Gasteiger partial charge is 0.309 e. The topological polar surface area (TPSA) is 55.8 Å². The second kappa shape index (κ2) is 7.28. The minimum absolute atomic E-state index is 0.0590. The molecule has 126 valence electrons. The maximum absolute atomic E-state index is 12.4. The summed E-state index contributed by atoms with van der Waals surface area (Å²) in [4.78, 5) is 12.4. The van der Waals surface area contributed by atoms with Crippen LogP contribution in [0.2, 0.25) is 0 Å². The van der Waals surface area contributed by atoms with E-state index in [1.165, 1.54) is 7.11 Å². The fourth-order valence-electron chi connectivity index (χ4n) is 3.38. The van der Waals surface area contributed by atoms with E-state index in [0.717, 1.165) is 11.1 Å².